The Balaban J connectivity index is 1.90. The van der Waals surface area contributed by atoms with Crippen molar-refractivity contribution in [2.45, 2.75) is 39.5 Å². The Hall–Kier alpha value is -1.04. The third-order valence-corrected chi connectivity index (χ3v) is 4.54. The molecule has 1 aliphatic rings. The second-order valence-electron chi connectivity index (χ2n) is 5.43. The van der Waals surface area contributed by atoms with Crippen molar-refractivity contribution < 1.29 is 4.79 Å². The van der Waals surface area contributed by atoms with Gasteiger partial charge in [0.25, 0.3) is 0 Å². The molecular formula is C16H21IN2O. The second kappa shape index (κ2) is 7.11. The molecular weight excluding hydrogens is 363 g/mol. The Morgan fingerprint density at radius 3 is 2.70 bits per heavy atom. The van der Waals surface area contributed by atoms with Gasteiger partial charge in [-0.2, -0.15) is 0 Å². The van der Waals surface area contributed by atoms with Gasteiger partial charge in [0.1, 0.15) is 0 Å². The summed E-state index contributed by atoms with van der Waals surface area (Å²) in [6.07, 6.45) is 6.98. The lowest BCUT2D eigenvalue weighted by molar-refractivity contribution is 0.255. The Morgan fingerprint density at radius 2 is 2.05 bits per heavy atom. The molecule has 1 aromatic carbocycles. The van der Waals surface area contributed by atoms with E-state index in [0.717, 1.165) is 11.3 Å². The molecule has 108 valence electrons. The molecule has 0 aromatic heterocycles. The molecule has 0 bridgehead atoms. The summed E-state index contributed by atoms with van der Waals surface area (Å²) in [5, 5.41) is 5.72. The minimum atomic E-state index is -0.174. The fourth-order valence-corrected chi connectivity index (χ4v) is 3.25. The predicted molar refractivity (Wildman–Crippen MR) is 91.8 cm³/mol. The van der Waals surface area contributed by atoms with Gasteiger partial charge in [-0.1, -0.05) is 18.4 Å². The van der Waals surface area contributed by atoms with Crippen molar-refractivity contribution in [2.75, 3.05) is 5.32 Å². The zero-order valence-corrected chi connectivity index (χ0v) is 14.2. The van der Waals surface area contributed by atoms with Crippen molar-refractivity contribution in [3.63, 3.8) is 0 Å². The van der Waals surface area contributed by atoms with Crippen LogP contribution in [-0.4, -0.2) is 6.03 Å². The molecule has 1 fully saturated rings. The van der Waals surface area contributed by atoms with Gasteiger partial charge in [-0.3, -0.25) is 0 Å². The molecule has 0 atom stereocenters. The topological polar surface area (TPSA) is 41.1 Å². The number of hydrogen-bond donors (Lipinski definition) is 2. The van der Waals surface area contributed by atoms with Crippen LogP contribution in [0.5, 0.6) is 0 Å². The number of amides is 2. The Morgan fingerprint density at radius 1 is 1.35 bits per heavy atom. The Labute approximate surface area is 134 Å². The van der Waals surface area contributed by atoms with E-state index in [1.54, 1.807) is 0 Å². The molecule has 1 aromatic rings. The fourth-order valence-electron chi connectivity index (χ4n) is 2.60. The average molecular weight is 384 g/mol. The molecule has 0 heterocycles. The number of urea groups is 1. The summed E-state index contributed by atoms with van der Waals surface area (Å²) in [4.78, 5) is 11.9. The van der Waals surface area contributed by atoms with Crippen LogP contribution in [0.3, 0.4) is 0 Å². The van der Waals surface area contributed by atoms with Crippen LogP contribution < -0.4 is 10.6 Å². The summed E-state index contributed by atoms with van der Waals surface area (Å²) in [7, 11) is 0. The van der Waals surface area contributed by atoms with E-state index in [9.17, 15) is 4.79 Å². The van der Waals surface area contributed by atoms with Crippen LogP contribution in [0.25, 0.3) is 0 Å². The largest absolute Gasteiger partial charge is 0.323 e. The normalized spacial score (nSPS) is 16.2. The van der Waals surface area contributed by atoms with E-state index in [2.05, 4.69) is 46.2 Å². The lowest BCUT2D eigenvalue weighted by Crippen LogP contribution is -2.25. The van der Waals surface area contributed by atoms with Crippen molar-refractivity contribution in [3.8, 4) is 0 Å². The number of anilines is 1. The van der Waals surface area contributed by atoms with E-state index in [1.807, 2.05) is 25.3 Å². The van der Waals surface area contributed by atoms with E-state index in [0.29, 0.717) is 5.92 Å². The molecule has 0 aliphatic heterocycles. The lowest BCUT2D eigenvalue weighted by atomic mass is 10.0. The highest BCUT2D eigenvalue weighted by Crippen LogP contribution is 2.30. The molecule has 0 saturated heterocycles. The molecule has 2 amide bonds. The number of nitrogens with one attached hydrogen (secondary N) is 2. The first-order chi connectivity index (χ1) is 9.56. The highest BCUT2D eigenvalue weighted by Gasteiger charge is 2.16. The minimum absolute atomic E-state index is 0.174. The maximum Gasteiger partial charge on any atom is 0.323 e. The van der Waals surface area contributed by atoms with Gasteiger partial charge in [-0.05, 0) is 79.0 Å². The molecule has 3 nitrogen and oxygen atoms in total. The van der Waals surface area contributed by atoms with Gasteiger partial charge in [-0.25, -0.2) is 4.79 Å². The molecule has 0 spiro atoms. The molecule has 20 heavy (non-hydrogen) atoms. The van der Waals surface area contributed by atoms with E-state index in [1.165, 1.54) is 34.8 Å². The number of halogens is 1. The fraction of sp³-hybridized carbons (Fsp3) is 0.438. The molecule has 4 heteroatoms. The minimum Gasteiger partial charge on any atom is -0.314 e. The van der Waals surface area contributed by atoms with Crippen LogP contribution in [-0.2, 0) is 0 Å². The van der Waals surface area contributed by atoms with Crippen LogP contribution in [0.15, 0.2) is 30.0 Å². The highest BCUT2D eigenvalue weighted by molar-refractivity contribution is 14.1. The number of rotatable bonds is 3. The number of carbonyl (C=O) groups excluding carboxylic acids is 1. The summed E-state index contributed by atoms with van der Waals surface area (Å²) in [6, 6.07) is 5.80. The number of aryl methyl sites for hydroxylation is 1. The van der Waals surface area contributed by atoms with Gasteiger partial charge < -0.3 is 10.6 Å². The van der Waals surface area contributed by atoms with Crippen molar-refractivity contribution in [1.82, 2.24) is 5.32 Å². The molecule has 1 saturated carbocycles. The third-order valence-electron chi connectivity index (χ3n) is 3.87. The molecule has 2 N–H and O–H groups in total. The number of benzene rings is 1. The summed E-state index contributed by atoms with van der Waals surface area (Å²) < 4.78 is 1.17. The first kappa shape index (κ1) is 15.4. The first-order valence-corrected chi connectivity index (χ1v) is 8.14. The average Bonchev–Trinajstić information content (AvgIpc) is 2.93. The van der Waals surface area contributed by atoms with E-state index in [-0.39, 0.29) is 6.03 Å². The Bertz CT molecular complexity index is 519. The van der Waals surface area contributed by atoms with Gasteiger partial charge in [0, 0.05) is 15.5 Å². The smallest absolute Gasteiger partial charge is 0.314 e. The standard InChI is InChI=1S/C16H21IN2O/c1-11-9-14(17)7-8-15(11)19-16(20)18-10-12(2)13-5-3-4-6-13/h7-10,13H,3-6H2,1-2H3,(H2,18,19,20)/b12-10+. The van der Waals surface area contributed by atoms with Crippen LogP contribution in [0.1, 0.15) is 38.2 Å². The zero-order chi connectivity index (χ0) is 14.5. The monoisotopic (exact) mass is 384 g/mol. The predicted octanol–water partition coefficient (Wildman–Crippen LogP) is 4.82. The first-order valence-electron chi connectivity index (χ1n) is 7.06. The van der Waals surface area contributed by atoms with Crippen LogP contribution >= 0.6 is 22.6 Å². The van der Waals surface area contributed by atoms with E-state index in [4.69, 9.17) is 0 Å². The summed E-state index contributed by atoms with van der Waals surface area (Å²) in [5.74, 6) is 0.648. The maximum absolute atomic E-state index is 11.9. The quantitative estimate of drug-likeness (QED) is 0.722. The number of carbonyl (C=O) groups is 1. The zero-order valence-electron chi connectivity index (χ0n) is 12.0. The van der Waals surface area contributed by atoms with Gasteiger partial charge in [-0.15, -0.1) is 0 Å². The third kappa shape index (κ3) is 4.23. The molecule has 0 unspecified atom stereocenters. The van der Waals surface area contributed by atoms with Gasteiger partial charge in [0.2, 0.25) is 0 Å². The SMILES string of the molecule is C/C(=C\NC(=O)Nc1ccc(I)cc1C)C1CCCC1. The molecule has 2 rings (SSSR count). The number of hydrogen-bond acceptors (Lipinski definition) is 1. The maximum atomic E-state index is 11.9. The Kier molecular flexibility index (Phi) is 5.46. The molecule has 1 aliphatic carbocycles. The van der Waals surface area contributed by atoms with Crippen molar-refractivity contribution >= 4 is 34.3 Å². The van der Waals surface area contributed by atoms with Gasteiger partial charge in [0.15, 0.2) is 0 Å². The van der Waals surface area contributed by atoms with Crippen LogP contribution in [0.2, 0.25) is 0 Å². The lowest BCUT2D eigenvalue weighted by Gasteiger charge is -2.11. The van der Waals surface area contributed by atoms with Gasteiger partial charge in [0.05, 0.1) is 0 Å². The van der Waals surface area contributed by atoms with E-state index < -0.39 is 0 Å². The van der Waals surface area contributed by atoms with Crippen LogP contribution in [0, 0.1) is 16.4 Å². The highest BCUT2D eigenvalue weighted by atomic mass is 127. The molecule has 0 radical (unpaired) electrons. The van der Waals surface area contributed by atoms with Crippen molar-refractivity contribution in [3.05, 3.63) is 39.1 Å². The summed E-state index contributed by atoms with van der Waals surface area (Å²) in [5.41, 5.74) is 3.20. The van der Waals surface area contributed by atoms with E-state index >= 15 is 0 Å². The second-order valence-corrected chi connectivity index (χ2v) is 6.67. The summed E-state index contributed by atoms with van der Waals surface area (Å²) in [6.45, 7) is 4.10. The van der Waals surface area contributed by atoms with Gasteiger partial charge >= 0.3 is 6.03 Å². The number of allylic oxidation sites excluding steroid dienone is 1. The van der Waals surface area contributed by atoms with Crippen molar-refractivity contribution in [1.29, 1.82) is 0 Å². The van der Waals surface area contributed by atoms with Crippen molar-refractivity contribution in [2.24, 2.45) is 5.92 Å². The summed E-state index contributed by atoms with van der Waals surface area (Å²) >= 11 is 2.26. The van der Waals surface area contributed by atoms with Crippen LogP contribution in [0.4, 0.5) is 10.5 Å².